The van der Waals surface area contributed by atoms with Crippen molar-refractivity contribution >= 4 is 15.9 Å². The molecular weight excluding hydrogens is 194 g/mol. The largest absolute Gasteiger partial charge is 0.325 e. The van der Waals surface area contributed by atoms with Crippen LogP contribution in [0.15, 0.2) is 22.8 Å². The van der Waals surface area contributed by atoms with Crippen molar-refractivity contribution in [1.29, 1.82) is 5.26 Å². The zero-order valence-corrected chi connectivity index (χ0v) is 6.67. The molecule has 0 bridgehead atoms. The minimum atomic E-state index is 0.419. The lowest BCUT2D eigenvalue weighted by atomic mass is 10.4. The van der Waals surface area contributed by atoms with Gasteiger partial charge in [-0.25, -0.2) is 5.84 Å². The second kappa shape index (κ2) is 2.67. The summed E-state index contributed by atoms with van der Waals surface area (Å²) in [6.45, 7) is 0. The van der Waals surface area contributed by atoms with Gasteiger partial charge in [-0.2, -0.15) is 5.26 Å². The summed E-state index contributed by atoms with van der Waals surface area (Å²) in [6, 6.07) is 5.48. The maximum absolute atomic E-state index is 8.52. The Labute approximate surface area is 66.8 Å². The van der Waals surface area contributed by atoms with Gasteiger partial charge in [-0.05, 0) is 22.0 Å². The summed E-state index contributed by atoms with van der Waals surface area (Å²) >= 11 is 3.18. The molecule has 1 aromatic rings. The van der Waals surface area contributed by atoms with E-state index < -0.39 is 0 Å². The van der Waals surface area contributed by atoms with Crippen molar-refractivity contribution in [2.45, 2.75) is 0 Å². The quantitative estimate of drug-likeness (QED) is 0.483. The molecule has 0 atom stereocenters. The fourth-order valence-corrected chi connectivity index (χ4v) is 1.05. The first-order chi connectivity index (χ1) is 4.75. The van der Waals surface area contributed by atoms with Crippen molar-refractivity contribution < 1.29 is 4.68 Å². The second-order valence-electron chi connectivity index (χ2n) is 1.72. The standard InChI is InChI=1S/C6H5BrN3/c7-5-2-1-3-10(9)6(5)4-8/h1-3H,9H2/q+1. The third-order valence-electron chi connectivity index (χ3n) is 1.08. The molecule has 0 spiro atoms. The summed E-state index contributed by atoms with van der Waals surface area (Å²) in [6.07, 6.45) is 1.61. The van der Waals surface area contributed by atoms with E-state index in [1.807, 2.05) is 6.07 Å². The summed E-state index contributed by atoms with van der Waals surface area (Å²) in [5, 5.41) is 8.52. The monoisotopic (exact) mass is 198 g/mol. The normalized spacial score (nSPS) is 8.80. The number of nitrogen functional groups attached to an aromatic ring is 1. The summed E-state index contributed by atoms with van der Waals surface area (Å²) in [7, 11) is 0. The number of rotatable bonds is 0. The molecule has 0 unspecified atom stereocenters. The van der Waals surface area contributed by atoms with E-state index in [-0.39, 0.29) is 0 Å². The Morgan fingerprint density at radius 3 is 2.80 bits per heavy atom. The summed E-state index contributed by atoms with van der Waals surface area (Å²) in [5.74, 6) is 5.40. The Morgan fingerprint density at radius 2 is 2.40 bits per heavy atom. The van der Waals surface area contributed by atoms with Gasteiger partial charge in [0.15, 0.2) is 6.07 Å². The van der Waals surface area contributed by atoms with Crippen molar-refractivity contribution in [3.63, 3.8) is 0 Å². The van der Waals surface area contributed by atoms with Crippen LogP contribution >= 0.6 is 15.9 Å². The molecule has 0 amide bonds. The molecule has 0 saturated heterocycles. The lowest BCUT2D eigenvalue weighted by Gasteiger charge is -1.89. The molecular formula is C6H5BrN3+. The van der Waals surface area contributed by atoms with Crippen molar-refractivity contribution in [2.75, 3.05) is 5.84 Å². The Hall–Kier alpha value is -1.08. The van der Waals surface area contributed by atoms with E-state index in [2.05, 4.69) is 15.9 Å². The van der Waals surface area contributed by atoms with E-state index >= 15 is 0 Å². The highest BCUT2D eigenvalue weighted by atomic mass is 79.9. The predicted molar refractivity (Wildman–Crippen MR) is 39.2 cm³/mol. The smallest absolute Gasteiger partial charge is 0.204 e. The number of nitrogens with zero attached hydrogens (tertiary/aromatic N) is 2. The minimum Gasteiger partial charge on any atom is -0.204 e. The van der Waals surface area contributed by atoms with Crippen LogP contribution in [0.2, 0.25) is 0 Å². The van der Waals surface area contributed by atoms with Gasteiger partial charge in [0.2, 0.25) is 6.20 Å². The van der Waals surface area contributed by atoms with Gasteiger partial charge in [-0.1, -0.05) is 4.68 Å². The highest BCUT2D eigenvalue weighted by Crippen LogP contribution is 2.09. The van der Waals surface area contributed by atoms with Crippen LogP contribution in [0.4, 0.5) is 0 Å². The molecule has 4 heteroatoms. The number of aromatic nitrogens is 1. The van der Waals surface area contributed by atoms with Crippen LogP contribution < -0.4 is 10.5 Å². The van der Waals surface area contributed by atoms with Gasteiger partial charge in [-0.15, -0.1) is 0 Å². The molecule has 1 rings (SSSR count). The number of nitrogens with two attached hydrogens (primary N) is 1. The SMILES string of the molecule is N#Cc1c(Br)ccc[n+]1N. The van der Waals surface area contributed by atoms with Crippen LogP contribution in [0, 0.1) is 11.3 Å². The van der Waals surface area contributed by atoms with Gasteiger partial charge < -0.3 is 0 Å². The van der Waals surface area contributed by atoms with E-state index in [9.17, 15) is 0 Å². The third-order valence-corrected chi connectivity index (χ3v) is 1.72. The molecule has 0 aliphatic heterocycles. The third kappa shape index (κ3) is 1.09. The van der Waals surface area contributed by atoms with E-state index in [1.165, 1.54) is 4.68 Å². The molecule has 0 saturated carbocycles. The Kier molecular flexibility index (Phi) is 1.88. The van der Waals surface area contributed by atoms with Gasteiger partial charge in [0.1, 0.15) is 4.47 Å². The molecule has 1 heterocycles. The summed E-state index contributed by atoms with van der Waals surface area (Å²) in [4.78, 5) is 0. The summed E-state index contributed by atoms with van der Waals surface area (Å²) in [5.41, 5.74) is 0.419. The van der Waals surface area contributed by atoms with E-state index in [0.717, 1.165) is 0 Å². The maximum atomic E-state index is 8.52. The average molecular weight is 199 g/mol. The van der Waals surface area contributed by atoms with Crippen molar-refractivity contribution in [3.8, 4) is 6.07 Å². The van der Waals surface area contributed by atoms with Crippen LogP contribution in [0.5, 0.6) is 0 Å². The van der Waals surface area contributed by atoms with Gasteiger partial charge in [-0.3, -0.25) is 0 Å². The highest BCUT2D eigenvalue weighted by molar-refractivity contribution is 9.10. The number of nitriles is 1. The van der Waals surface area contributed by atoms with Crippen molar-refractivity contribution in [3.05, 3.63) is 28.5 Å². The highest BCUT2D eigenvalue weighted by Gasteiger charge is 2.09. The van der Waals surface area contributed by atoms with Crippen LogP contribution in [0.1, 0.15) is 5.69 Å². The van der Waals surface area contributed by atoms with E-state index in [1.54, 1.807) is 18.3 Å². The van der Waals surface area contributed by atoms with E-state index in [4.69, 9.17) is 11.1 Å². The molecule has 1 aromatic heterocycles. The van der Waals surface area contributed by atoms with Crippen LogP contribution in [-0.4, -0.2) is 0 Å². The molecule has 3 nitrogen and oxygen atoms in total. The van der Waals surface area contributed by atoms with Gasteiger partial charge in [0, 0.05) is 6.07 Å². The molecule has 2 N–H and O–H groups in total. The molecule has 0 radical (unpaired) electrons. The molecule has 50 valence electrons. The lowest BCUT2D eigenvalue weighted by molar-refractivity contribution is -0.642. The van der Waals surface area contributed by atoms with Gasteiger partial charge in [0.25, 0.3) is 0 Å². The van der Waals surface area contributed by atoms with Crippen molar-refractivity contribution in [2.24, 2.45) is 0 Å². The zero-order chi connectivity index (χ0) is 7.56. The average Bonchev–Trinajstić information content (AvgIpc) is 1.88. The molecule has 0 fully saturated rings. The first-order valence-corrected chi connectivity index (χ1v) is 3.40. The first-order valence-electron chi connectivity index (χ1n) is 2.61. The fraction of sp³-hybridized carbons (Fsp3) is 0. The topological polar surface area (TPSA) is 53.7 Å². The van der Waals surface area contributed by atoms with Crippen LogP contribution in [-0.2, 0) is 0 Å². The molecule has 10 heavy (non-hydrogen) atoms. The predicted octanol–water partition coefficient (Wildman–Crippen LogP) is 0.322. The summed E-state index contributed by atoms with van der Waals surface area (Å²) < 4.78 is 1.98. The maximum Gasteiger partial charge on any atom is 0.325 e. The number of halogens is 1. The lowest BCUT2D eigenvalue weighted by Crippen LogP contribution is -2.47. The Balaban J connectivity index is 3.34. The van der Waals surface area contributed by atoms with Gasteiger partial charge in [0.05, 0.1) is 0 Å². The van der Waals surface area contributed by atoms with Gasteiger partial charge >= 0.3 is 5.69 Å². The first kappa shape index (κ1) is 7.03. The minimum absolute atomic E-state index is 0.419. The van der Waals surface area contributed by atoms with E-state index in [0.29, 0.717) is 10.2 Å². The number of hydrogen-bond donors (Lipinski definition) is 1. The Bertz CT molecular complexity index is 269. The zero-order valence-electron chi connectivity index (χ0n) is 5.08. The number of pyridine rings is 1. The molecule has 0 aliphatic carbocycles. The van der Waals surface area contributed by atoms with Crippen LogP contribution in [0.25, 0.3) is 0 Å². The molecule has 0 aromatic carbocycles. The second-order valence-corrected chi connectivity index (χ2v) is 2.58. The number of hydrogen-bond acceptors (Lipinski definition) is 2. The fourth-order valence-electron chi connectivity index (χ4n) is 0.608. The van der Waals surface area contributed by atoms with Crippen LogP contribution in [0.3, 0.4) is 0 Å². The van der Waals surface area contributed by atoms with Crippen molar-refractivity contribution in [1.82, 2.24) is 0 Å². The Morgan fingerprint density at radius 1 is 1.70 bits per heavy atom. The molecule has 0 aliphatic rings.